The third-order valence-electron chi connectivity index (χ3n) is 16.8. The van der Waals surface area contributed by atoms with E-state index in [2.05, 4.69) is 48.3 Å². The Balaban J connectivity index is 1.03. The molecule has 0 unspecified atom stereocenters. The molecule has 2 aromatic carbocycles. The quantitative estimate of drug-likeness (QED) is 0.0134. The molecule has 9 N–H and O–H groups in total. The van der Waals surface area contributed by atoms with Gasteiger partial charge in [0, 0.05) is 60.0 Å². The number of thioether (sulfide) groups is 1. The number of ketones is 1. The Morgan fingerprint density at radius 3 is 2.24 bits per heavy atom. The summed E-state index contributed by atoms with van der Waals surface area (Å²) in [5, 5.41) is 60.8. The third-order valence-corrected chi connectivity index (χ3v) is 22.5. The second-order valence-corrected chi connectivity index (χ2v) is 28.5. The van der Waals surface area contributed by atoms with Crippen molar-refractivity contribution in [2.45, 2.75) is 194 Å². The molecule has 19 atom stereocenters. The molecule has 4 saturated heterocycles. The molecule has 2 aliphatic carbocycles. The number of aliphatic hydroxyl groups excluding tert-OH is 4. The van der Waals surface area contributed by atoms with E-state index in [1.54, 1.807) is 51.7 Å². The number of benzene rings is 2. The van der Waals surface area contributed by atoms with Crippen molar-refractivity contribution in [1.82, 2.24) is 10.8 Å². The standard InChI is InChI=1S/C64H84IN3O21S3/c1-13-67-39-30-82-45(28-43(39)77-8)87-57-52(73)50(68-89-46-27-40(69)59(34(5)83-46)91-60(75)47-31(2)49(65)55(58(81-12)54(47)79-10)88-61-53(74)56(80-11)51(72)33(4)85-61)32(3)84-62(57)86-42-18-16-14-15-17-24-64(76)29-41(70)37(26-44(71)78-9)48(42)38(64)23-25-90-92-63(6,7)35-19-21-36(66)22-20-35/h14-15,19-23,32-34,39-40,42-43,45-46,50-53,56-57,59,61-62,67-69,72-74,76H,13,25-30,66H2,1-12H3/b15-14-,38-23+/t32-,33+,34-,39+,40+,42+,43+,45+,46+,50-,51+,52+,53-,56-,57-,59-,61+,62+,64+/m1/s1. The number of likely N-dealkylation sites (N-methyl/N-ethyl adjacent to an activating group) is 1. The SMILES string of the molecule is CCN[C@H]1CO[C@@H](O[C@H]2[C@H](O[C@H]3C#C/C=C\C#C[C@]4(O)CC(=O)C(CC(=O)OC)=C3/C4=C\CSSC(C)(C)c3ccc(N)cc3)O[C@H](C)[C@@H](NO[C@H]3C[C@H](O)[C@H](SC(=O)c4c(C)c(I)c(O[C@@H]5O[C@@H](C)[C@H](O)[C@@H](OC)[C@H]5O)c(OC)c4OC)[C@@H](C)O3)[C@@H]2O)C[C@@H]1OC. The molecule has 0 aromatic heterocycles. The first kappa shape index (κ1) is 73.7. The van der Waals surface area contributed by atoms with Gasteiger partial charge in [-0.15, -0.1) is 0 Å². The number of rotatable bonds is 24. The van der Waals surface area contributed by atoms with Crippen LogP contribution >= 0.6 is 55.9 Å². The van der Waals surface area contributed by atoms with E-state index in [9.17, 15) is 39.9 Å². The van der Waals surface area contributed by atoms with Gasteiger partial charge >= 0.3 is 5.97 Å². The summed E-state index contributed by atoms with van der Waals surface area (Å²) >= 11 is 2.83. The molecule has 24 nitrogen and oxygen atoms in total. The summed E-state index contributed by atoms with van der Waals surface area (Å²) in [6.07, 6.45) is -13.3. The number of halogens is 1. The number of carbonyl (C=O) groups excluding carboxylic acids is 3. The lowest BCUT2D eigenvalue weighted by Crippen LogP contribution is -2.65. The lowest BCUT2D eigenvalue weighted by atomic mass is 9.72. The number of hydroxylamine groups is 1. The van der Waals surface area contributed by atoms with Crippen LogP contribution < -0.4 is 30.7 Å². The molecule has 6 aliphatic rings. The number of fused-ring (bicyclic) bond motifs is 2. The summed E-state index contributed by atoms with van der Waals surface area (Å²) in [5.41, 5.74) is 9.31. The van der Waals surface area contributed by atoms with E-state index in [0.29, 0.717) is 21.4 Å². The van der Waals surface area contributed by atoms with Gasteiger partial charge in [-0.2, -0.15) is 5.48 Å². The predicted molar refractivity (Wildman–Crippen MR) is 351 cm³/mol. The van der Waals surface area contributed by atoms with Gasteiger partial charge in [-0.25, -0.2) is 0 Å². The molecule has 0 radical (unpaired) electrons. The van der Waals surface area contributed by atoms with Crippen LogP contribution in [0.15, 0.2) is 59.2 Å². The summed E-state index contributed by atoms with van der Waals surface area (Å²) in [5.74, 6) is 10.9. The highest BCUT2D eigenvalue weighted by molar-refractivity contribution is 14.1. The van der Waals surface area contributed by atoms with Crippen molar-refractivity contribution in [2.24, 2.45) is 0 Å². The molecule has 4 heterocycles. The number of aliphatic hydroxyl groups is 5. The molecular weight excluding hydrogens is 1370 g/mol. The van der Waals surface area contributed by atoms with E-state index in [-0.39, 0.29) is 81.6 Å². The number of Topliss-reactive ketones (excluding diaryl/α,β-unsaturated/α-hetero) is 1. The molecule has 2 aromatic rings. The Morgan fingerprint density at radius 2 is 1.58 bits per heavy atom. The number of allylic oxidation sites excluding steroid dienone is 2. The number of hydrogen-bond donors (Lipinski definition) is 8. The van der Waals surface area contributed by atoms with Crippen molar-refractivity contribution >= 4 is 78.5 Å². The fourth-order valence-electron chi connectivity index (χ4n) is 11.7. The first-order valence-electron chi connectivity index (χ1n) is 30.1. The molecule has 28 heteroatoms. The Kier molecular flexibility index (Phi) is 26.3. The Hall–Kier alpha value is -4.07. The highest BCUT2D eigenvalue weighted by Crippen LogP contribution is 2.50. The van der Waals surface area contributed by atoms with Crippen LogP contribution in [-0.2, 0) is 61.8 Å². The van der Waals surface area contributed by atoms with Gasteiger partial charge in [0.05, 0.1) is 97.8 Å². The van der Waals surface area contributed by atoms with E-state index in [0.717, 1.165) is 17.3 Å². The number of ether oxygens (including phenoxy) is 12. The van der Waals surface area contributed by atoms with Crippen molar-refractivity contribution in [3.8, 4) is 40.9 Å². The van der Waals surface area contributed by atoms with Crippen LogP contribution in [0.4, 0.5) is 5.69 Å². The van der Waals surface area contributed by atoms with E-state index >= 15 is 0 Å². The van der Waals surface area contributed by atoms with Crippen molar-refractivity contribution < 1.29 is 102 Å². The zero-order valence-electron chi connectivity index (χ0n) is 53.3. The maximum Gasteiger partial charge on any atom is 0.310 e. The fourth-order valence-corrected chi connectivity index (χ4v) is 15.9. The fraction of sp³-hybridized carbons (Fsp3) is 0.609. The van der Waals surface area contributed by atoms with Crippen LogP contribution in [0.25, 0.3) is 0 Å². The molecule has 0 spiro atoms. The van der Waals surface area contributed by atoms with Gasteiger partial charge < -0.3 is 93.4 Å². The lowest BCUT2D eigenvalue weighted by Gasteiger charge is -2.46. The van der Waals surface area contributed by atoms with Crippen LogP contribution in [0.2, 0.25) is 0 Å². The summed E-state index contributed by atoms with van der Waals surface area (Å²) < 4.78 is 72.8. The average molecular weight is 1450 g/mol. The zero-order chi connectivity index (χ0) is 66.9. The van der Waals surface area contributed by atoms with Crippen LogP contribution in [-0.4, -0.2) is 212 Å². The minimum atomic E-state index is -2.08. The lowest BCUT2D eigenvalue weighted by molar-refractivity contribution is -0.336. The molecule has 506 valence electrons. The van der Waals surface area contributed by atoms with E-state index in [1.807, 2.05) is 53.8 Å². The summed E-state index contributed by atoms with van der Waals surface area (Å²) in [6, 6.07) is 6.32. The summed E-state index contributed by atoms with van der Waals surface area (Å²) in [6.45, 7) is 13.6. The predicted octanol–water partition coefficient (Wildman–Crippen LogP) is 4.69. The van der Waals surface area contributed by atoms with Crippen LogP contribution in [0.3, 0.4) is 0 Å². The van der Waals surface area contributed by atoms with Gasteiger partial charge in [-0.3, -0.25) is 19.2 Å². The summed E-state index contributed by atoms with van der Waals surface area (Å²) in [4.78, 5) is 48.3. The number of anilines is 1. The molecule has 92 heavy (non-hydrogen) atoms. The van der Waals surface area contributed by atoms with Crippen molar-refractivity contribution in [1.29, 1.82) is 0 Å². The van der Waals surface area contributed by atoms with E-state index < -0.39 is 133 Å². The summed E-state index contributed by atoms with van der Waals surface area (Å²) in [7, 11) is 9.93. The number of nitrogen functional groups attached to an aromatic ring is 1. The van der Waals surface area contributed by atoms with Gasteiger partial charge in [-0.05, 0) is 106 Å². The average Bonchev–Trinajstić information content (AvgIpc) is 0.768. The number of nitrogens with one attached hydrogen (secondary N) is 2. The van der Waals surface area contributed by atoms with Gasteiger partial charge in [0.1, 0.15) is 36.6 Å². The normalized spacial score (nSPS) is 34.0. The first-order chi connectivity index (χ1) is 43.8. The molecular formula is C64H84IN3O21S3. The van der Waals surface area contributed by atoms with Gasteiger partial charge in [0.15, 0.2) is 41.8 Å². The van der Waals surface area contributed by atoms with Gasteiger partial charge in [0.2, 0.25) is 17.2 Å². The number of esters is 1. The molecule has 4 fully saturated rings. The molecule has 4 aliphatic heterocycles. The highest BCUT2D eigenvalue weighted by atomic mass is 127. The smallest absolute Gasteiger partial charge is 0.310 e. The minimum Gasteiger partial charge on any atom is -0.492 e. The van der Waals surface area contributed by atoms with Crippen molar-refractivity contribution in [2.75, 3.05) is 60.2 Å². The Morgan fingerprint density at radius 1 is 0.870 bits per heavy atom. The molecule has 0 amide bonds. The Bertz CT molecular complexity index is 3160. The first-order valence-corrected chi connectivity index (χ1v) is 34.4. The van der Waals surface area contributed by atoms with Crippen molar-refractivity contribution in [3.05, 3.63) is 79.5 Å². The zero-order valence-corrected chi connectivity index (χ0v) is 57.9. The Labute approximate surface area is 562 Å². The van der Waals surface area contributed by atoms with Gasteiger partial charge in [0.25, 0.3) is 0 Å². The maximum absolute atomic E-state index is 14.5. The largest absolute Gasteiger partial charge is 0.492 e. The number of methoxy groups -OCH3 is 5. The number of nitrogens with two attached hydrogens (primary N) is 1. The van der Waals surface area contributed by atoms with Crippen molar-refractivity contribution in [3.63, 3.8) is 0 Å². The van der Waals surface area contributed by atoms with E-state index in [1.165, 1.54) is 51.4 Å². The number of carbonyl (C=O) groups is 3. The maximum atomic E-state index is 14.5. The molecule has 2 bridgehead atoms. The van der Waals surface area contributed by atoms with Gasteiger partial charge in [-0.1, -0.05) is 82.2 Å². The molecule has 0 saturated carbocycles. The monoisotopic (exact) mass is 1450 g/mol. The number of hydrogen-bond acceptors (Lipinski definition) is 27. The van der Waals surface area contributed by atoms with Crippen LogP contribution in [0, 0.1) is 34.2 Å². The second-order valence-electron chi connectivity index (χ2n) is 23.3. The minimum absolute atomic E-state index is 0.0217. The third kappa shape index (κ3) is 16.8. The topological polar surface area (TPSA) is 322 Å². The second kappa shape index (κ2) is 32.8. The van der Waals surface area contributed by atoms with E-state index in [4.69, 9.17) is 67.4 Å². The van der Waals surface area contributed by atoms with Crippen LogP contribution in [0.5, 0.6) is 17.2 Å². The van der Waals surface area contributed by atoms with Crippen LogP contribution in [0.1, 0.15) is 88.7 Å². The molecule has 8 rings (SSSR count). The highest BCUT2D eigenvalue weighted by Gasteiger charge is 2.52.